The van der Waals surface area contributed by atoms with Crippen molar-refractivity contribution in [2.45, 2.75) is 20.1 Å². The van der Waals surface area contributed by atoms with E-state index in [4.69, 9.17) is 21.1 Å². The van der Waals surface area contributed by atoms with E-state index in [1.165, 1.54) is 0 Å². The molecule has 0 amide bonds. The molecule has 0 unspecified atom stereocenters. The van der Waals surface area contributed by atoms with Gasteiger partial charge in [0.2, 0.25) is 0 Å². The molecule has 1 aromatic rings. The third kappa shape index (κ3) is 3.25. The molecule has 0 aliphatic carbocycles. The van der Waals surface area contributed by atoms with Crippen molar-refractivity contribution in [2.75, 3.05) is 13.2 Å². The molecule has 1 rings (SSSR count). The highest BCUT2D eigenvalue weighted by Gasteiger charge is 2.10. The van der Waals surface area contributed by atoms with Crippen LogP contribution in [0, 0.1) is 0 Å². The molecule has 0 saturated heterocycles. The van der Waals surface area contributed by atoms with Crippen LogP contribution in [-0.4, -0.2) is 18.2 Å². The van der Waals surface area contributed by atoms with Gasteiger partial charge >= 0.3 is 0 Å². The van der Waals surface area contributed by atoms with Crippen molar-refractivity contribution in [3.63, 3.8) is 0 Å². The highest BCUT2D eigenvalue weighted by atomic mass is 35.5. The lowest BCUT2D eigenvalue weighted by atomic mass is 10.3. The Morgan fingerprint density at radius 1 is 1.29 bits per heavy atom. The molecule has 0 fully saturated rings. The fourth-order valence-corrected chi connectivity index (χ4v) is 1.18. The molecular formula is C10H14ClNO2. The highest BCUT2D eigenvalue weighted by Crippen LogP contribution is 2.18. The van der Waals surface area contributed by atoms with Crippen molar-refractivity contribution in [1.82, 2.24) is 4.98 Å². The van der Waals surface area contributed by atoms with Gasteiger partial charge in [0.25, 0.3) is 0 Å². The summed E-state index contributed by atoms with van der Waals surface area (Å²) in [6, 6.07) is 3.58. The van der Waals surface area contributed by atoms with Crippen LogP contribution in [0.25, 0.3) is 0 Å². The second-order valence-corrected chi connectivity index (χ2v) is 3.04. The second kappa shape index (κ2) is 5.96. The predicted molar refractivity (Wildman–Crippen MR) is 55.2 cm³/mol. The minimum atomic E-state index is -0.338. The number of ether oxygens (including phenoxy) is 2. The monoisotopic (exact) mass is 215 g/mol. The van der Waals surface area contributed by atoms with Crippen LogP contribution in [0.15, 0.2) is 18.3 Å². The molecule has 0 radical (unpaired) electrons. The molecule has 0 atom stereocenters. The van der Waals surface area contributed by atoms with Crippen LogP contribution in [0.5, 0.6) is 0 Å². The summed E-state index contributed by atoms with van der Waals surface area (Å²) in [6.07, 6.45) is 1.33. The van der Waals surface area contributed by atoms with Gasteiger partial charge in [-0.2, -0.15) is 0 Å². The number of rotatable bonds is 5. The third-order valence-electron chi connectivity index (χ3n) is 1.66. The van der Waals surface area contributed by atoms with E-state index in [0.717, 1.165) is 5.56 Å². The lowest BCUT2D eigenvalue weighted by molar-refractivity contribution is -0.140. The summed E-state index contributed by atoms with van der Waals surface area (Å²) in [5, 5.41) is 0.473. The van der Waals surface area contributed by atoms with Gasteiger partial charge in [-0.05, 0) is 26.0 Å². The molecule has 0 saturated carbocycles. The molecule has 0 aliphatic rings. The van der Waals surface area contributed by atoms with E-state index < -0.39 is 0 Å². The lowest BCUT2D eigenvalue weighted by Crippen LogP contribution is -2.08. The number of hydrogen-bond donors (Lipinski definition) is 0. The van der Waals surface area contributed by atoms with Crippen LogP contribution in [0.1, 0.15) is 25.7 Å². The molecule has 1 aromatic heterocycles. The molecule has 0 spiro atoms. The predicted octanol–water partition coefficient (Wildman–Crippen LogP) is 2.81. The van der Waals surface area contributed by atoms with Crippen molar-refractivity contribution in [1.29, 1.82) is 0 Å². The zero-order valence-electron chi connectivity index (χ0n) is 8.37. The van der Waals surface area contributed by atoms with E-state index >= 15 is 0 Å². The molecule has 3 nitrogen and oxygen atoms in total. The normalized spacial score (nSPS) is 10.9. The van der Waals surface area contributed by atoms with Crippen molar-refractivity contribution in [3.05, 3.63) is 29.0 Å². The van der Waals surface area contributed by atoms with Crippen molar-refractivity contribution >= 4 is 11.6 Å². The molecule has 0 aromatic carbocycles. The number of halogens is 1. The highest BCUT2D eigenvalue weighted by molar-refractivity contribution is 6.29. The van der Waals surface area contributed by atoms with Crippen LogP contribution in [0.4, 0.5) is 0 Å². The Balaban J connectivity index is 2.71. The Bertz CT molecular complexity index is 257. The largest absolute Gasteiger partial charge is 0.349 e. The summed E-state index contributed by atoms with van der Waals surface area (Å²) in [4.78, 5) is 3.97. The average Bonchev–Trinajstić information content (AvgIpc) is 2.19. The van der Waals surface area contributed by atoms with E-state index in [9.17, 15) is 0 Å². The molecular weight excluding hydrogens is 202 g/mol. The van der Waals surface area contributed by atoms with Gasteiger partial charge in [-0.25, -0.2) is 4.98 Å². The Kier molecular flexibility index (Phi) is 4.87. The fourth-order valence-electron chi connectivity index (χ4n) is 1.07. The van der Waals surface area contributed by atoms with Crippen molar-refractivity contribution in [3.8, 4) is 0 Å². The number of aromatic nitrogens is 1. The maximum absolute atomic E-state index is 5.68. The summed E-state index contributed by atoms with van der Waals surface area (Å²) in [6.45, 7) is 5.06. The second-order valence-electron chi connectivity index (χ2n) is 2.66. The van der Waals surface area contributed by atoms with E-state index in [2.05, 4.69) is 4.98 Å². The summed E-state index contributed by atoms with van der Waals surface area (Å²) in [5.74, 6) is 0. The zero-order chi connectivity index (χ0) is 10.4. The van der Waals surface area contributed by atoms with Crippen LogP contribution < -0.4 is 0 Å². The standard InChI is InChI=1S/C10H14ClNO2/c1-3-13-10(14-4-2)8-5-6-9(11)12-7-8/h5-7,10H,3-4H2,1-2H3. The fraction of sp³-hybridized carbons (Fsp3) is 0.500. The first-order chi connectivity index (χ1) is 6.77. The summed E-state index contributed by atoms with van der Waals surface area (Å²) >= 11 is 5.68. The van der Waals surface area contributed by atoms with Gasteiger partial charge in [0.05, 0.1) is 0 Å². The maximum atomic E-state index is 5.68. The third-order valence-corrected chi connectivity index (χ3v) is 1.88. The molecule has 14 heavy (non-hydrogen) atoms. The molecule has 0 N–H and O–H groups in total. The van der Waals surface area contributed by atoms with E-state index in [0.29, 0.717) is 18.4 Å². The van der Waals surface area contributed by atoms with Crippen molar-refractivity contribution in [2.24, 2.45) is 0 Å². The summed E-state index contributed by atoms with van der Waals surface area (Å²) in [5.41, 5.74) is 0.887. The number of hydrogen-bond acceptors (Lipinski definition) is 3. The average molecular weight is 216 g/mol. The molecule has 4 heteroatoms. The lowest BCUT2D eigenvalue weighted by Gasteiger charge is -2.16. The van der Waals surface area contributed by atoms with Crippen LogP contribution >= 0.6 is 11.6 Å². The first-order valence-corrected chi connectivity index (χ1v) is 5.00. The molecule has 1 heterocycles. The van der Waals surface area contributed by atoms with E-state index in [-0.39, 0.29) is 6.29 Å². The van der Waals surface area contributed by atoms with Crippen LogP contribution in [0.3, 0.4) is 0 Å². The Hall–Kier alpha value is -0.640. The Morgan fingerprint density at radius 2 is 1.93 bits per heavy atom. The minimum Gasteiger partial charge on any atom is -0.349 e. The van der Waals surface area contributed by atoms with Crippen molar-refractivity contribution < 1.29 is 9.47 Å². The Labute approximate surface area is 89.0 Å². The van der Waals surface area contributed by atoms with Gasteiger partial charge in [-0.1, -0.05) is 11.6 Å². The quantitative estimate of drug-likeness (QED) is 0.559. The van der Waals surface area contributed by atoms with E-state index in [1.807, 2.05) is 19.9 Å². The first-order valence-electron chi connectivity index (χ1n) is 4.62. The van der Waals surface area contributed by atoms with Gasteiger partial charge in [-0.3, -0.25) is 0 Å². The summed E-state index contributed by atoms with van der Waals surface area (Å²) in [7, 11) is 0. The topological polar surface area (TPSA) is 31.4 Å². The Morgan fingerprint density at radius 3 is 2.36 bits per heavy atom. The molecule has 0 aliphatic heterocycles. The van der Waals surface area contributed by atoms with Crippen LogP contribution in [-0.2, 0) is 9.47 Å². The van der Waals surface area contributed by atoms with Gasteiger partial charge in [0.15, 0.2) is 6.29 Å². The van der Waals surface area contributed by atoms with Gasteiger partial charge in [-0.15, -0.1) is 0 Å². The molecule has 78 valence electrons. The minimum absolute atomic E-state index is 0.338. The smallest absolute Gasteiger partial charge is 0.185 e. The SMILES string of the molecule is CCOC(OCC)c1ccc(Cl)nc1. The number of pyridine rings is 1. The van der Waals surface area contributed by atoms with E-state index in [1.54, 1.807) is 12.3 Å². The first kappa shape index (κ1) is 11.4. The number of nitrogens with zero attached hydrogens (tertiary/aromatic N) is 1. The molecule has 0 bridgehead atoms. The van der Waals surface area contributed by atoms with Gasteiger partial charge in [0.1, 0.15) is 5.15 Å². The van der Waals surface area contributed by atoms with Gasteiger partial charge < -0.3 is 9.47 Å². The summed E-state index contributed by atoms with van der Waals surface area (Å²) < 4.78 is 10.8. The maximum Gasteiger partial charge on any atom is 0.185 e. The zero-order valence-corrected chi connectivity index (χ0v) is 9.12. The van der Waals surface area contributed by atoms with Crippen LogP contribution in [0.2, 0.25) is 5.15 Å². The van der Waals surface area contributed by atoms with Gasteiger partial charge in [0, 0.05) is 25.0 Å².